The third-order valence-corrected chi connectivity index (χ3v) is 2.70. The first-order valence-electron chi connectivity index (χ1n) is 5.99. The van der Waals surface area contributed by atoms with Crippen LogP contribution in [0.25, 0.3) is 0 Å². The van der Waals surface area contributed by atoms with E-state index in [0.29, 0.717) is 18.1 Å². The SMILES string of the molecule is CCC(N)Cc1nc(C(OC)C(C)(C)C)no1. The molecule has 1 aromatic heterocycles. The second-order valence-electron chi connectivity index (χ2n) is 5.40. The van der Waals surface area contributed by atoms with E-state index in [1.54, 1.807) is 7.11 Å². The Labute approximate surface area is 103 Å². The number of rotatable bonds is 5. The van der Waals surface area contributed by atoms with E-state index in [-0.39, 0.29) is 17.6 Å². The summed E-state index contributed by atoms with van der Waals surface area (Å²) < 4.78 is 10.6. The van der Waals surface area contributed by atoms with Crippen LogP contribution >= 0.6 is 0 Å². The number of hydrogen-bond donors (Lipinski definition) is 1. The monoisotopic (exact) mass is 241 g/mol. The van der Waals surface area contributed by atoms with Crippen LogP contribution in [0.3, 0.4) is 0 Å². The molecule has 5 heteroatoms. The minimum Gasteiger partial charge on any atom is -0.373 e. The first kappa shape index (κ1) is 14.1. The highest BCUT2D eigenvalue weighted by Crippen LogP contribution is 2.33. The maximum Gasteiger partial charge on any atom is 0.228 e. The molecular formula is C12H23N3O2. The highest BCUT2D eigenvalue weighted by atomic mass is 16.5. The fraction of sp³-hybridized carbons (Fsp3) is 0.833. The normalized spacial score (nSPS) is 15.9. The van der Waals surface area contributed by atoms with Crippen LogP contribution in [0, 0.1) is 5.41 Å². The molecule has 0 aliphatic carbocycles. The second kappa shape index (κ2) is 5.60. The molecule has 1 aromatic rings. The molecule has 0 radical (unpaired) electrons. The number of ether oxygens (including phenoxy) is 1. The van der Waals surface area contributed by atoms with Gasteiger partial charge < -0.3 is 15.0 Å². The first-order chi connectivity index (χ1) is 7.88. The van der Waals surface area contributed by atoms with E-state index >= 15 is 0 Å². The molecule has 2 atom stereocenters. The summed E-state index contributed by atoms with van der Waals surface area (Å²) in [6, 6.07) is 0.0685. The minimum atomic E-state index is -0.169. The zero-order chi connectivity index (χ0) is 13.1. The van der Waals surface area contributed by atoms with Crippen LogP contribution in [-0.2, 0) is 11.2 Å². The maximum absolute atomic E-state index is 5.85. The summed E-state index contributed by atoms with van der Waals surface area (Å²) in [5, 5.41) is 3.97. The minimum absolute atomic E-state index is 0.0667. The third-order valence-electron chi connectivity index (χ3n) is 2.70. The van der Waals surface area contributed by atoms with Crippen molar-refractivity contribution in [1.29, 1.82) is 0 Å². The van der Waals surface area contributed by atoms with E-state index in [0.717, 1.165) is 6.42 Å². The summed E-state index contributed by atoms with van der Waals surface area (Å²) in [5.74, 6) is 1.18. The molecule has 5 nitrogen and oxygen atoms in total. The molecule has 98 valence electrons. The third kappa shape index (κ3) is 3.78. The quantitative estimate of drug-likeness (QED) is 0.854. The van der Waals surface area contributed by atoms with Crippen molar-refractivity contribution in [2.75, 3.05) is 7.11 Å². The number of hydrogen-bond acceptors (Lipinski definition) is 5. The first-order valence-corrected chi connectivity index (χ1v) is 5.99. The highest BCUT2D eigenvalue weighted by Gasteiger charge is 2.30. The fourth-order valence-corrected chi connectivity index (χ4v) is 1.67. The lowest BCUT2D eigenvalue weighted by Gasteiger charge is -2.26. The summed E-state index contributed by atoms with van der Waals surface area (Å²) in [7, 11) is 1.66. The summed E-state index contributed by atoms with van der Waals surface area (Å²) in [6.07, 6.45) is 1.34. The van der Waals surface area contributed by atoms with Gasteiger partial charge >= 0.3 is 0 Å². The van der Waals surface area contributed by atoms with Crippen LogP contribution in [0.4, 0.5) is 0 Å². The van der Waals surface area contributed by atoms with Gasteiger partial charge in [-0.1, -0.05) is 32.9 Å². The molecule has 0 saturated heterocycles. The Morgan fingerprint density at radius 2 is 2.06 bits per heavy atom. The molecule has 0 saturated carbocycles. The Bertz CT molecular complexity index is 344. The largest absolute Gasteiger partial charge is 0.373 e. The van der Waals surface area contributed by atoms with Crippen molar-refractivity contribution in [2.24, 2.45) is 11.1 Å². The molecule has 1 rings (SSSR count). The number of aromatic nitrogens is 2. The van der Waals surface area contributed by atoms with Crippen molar-refractivity contribution in [3.63, 3.8) is 0 Å². The summed E-state index contributed by atoms with van der Waals surface area (Å²) in [5.41, 5.74) is 5.78. The Balaban J connectivity index is 2.79. The van der Waals surface area contributed by atoms with Crippen LogP contribution in [-0.4, -0.2) is 23.3 Å². The van der Waals surface area contributed by atoms with Crippen LogP contribution in [0.15, 0.2) is 4.52 Å². The van der Waals surface area contributed by atoms with E-state index in [4.69, 9.17) is 15.0 Å². The van der Waals surface area contributed by atoms with Gasteiger partial charge in [-0.15, -0.1) is 0 Å². The molecule has 0 bridgehead atoms. The molecule has 0 spiro atoms. The predicted octanol–water partition coefficient (Wildman–Crippen LogP) is 2.08. The van der Waals surface area contributed by atoms with Crippen molar-refractivity contribution in [3.05, 3.63) is 11.7 Å². The lowest BCUT2D eigenvalue weighted by atomic mass is 9.88. The molecule has 0 aromatic carbocycles. The Hall–Kier alpha value is -0.940. The maximum atomic E-state index is 5.85. The van der Waals surface area contributed by atoms with E-state index in [1.165, 1.54) is 0 Å². The zero-order valence-corrected chi connectivity index (χ0v) is 11.4. The van der Waals surface area contributed by atoms with Crippen molar-refractivity contribution < 1.29 is 9.26 Å². The molecule has 2 unspecified atom stereocenters. The number of methoxy groups -OCH3 is 1. The predicted molar refractivity (Wildman–Crippen MR) is 65.5 cm³/mol. The van der Waals surface area contributed by atoms with Crippen molar-refractivity contribution in [3.8, 4) is 0 Å². The van der Waals surface area contributed by atoms with Crippen molar-refractivity contribution in [1.82, 2.24) is 10.1 Å². The van der Waals surface area contributed by atoms with Gasteiger partial charge in [0.15, 0.2) is 0 Å². The van der Waals surface area contributed by atoms with Gasteiger partial charge in [0, 0.05) is 19.6 Å². The smallest absolute Gasteiger partial charge is 0.228 e. The van der Waals surface area contributed by atoms with Gasteiger partial charge in [0.05, 0.1) is 0 Å². The fourth-order valence-electron chi connectivity index (χ4n) is 1.67. The highest BCUT2D eigenvalue weighted by molar-refractivity contribution is 4.97. The van der Waals surface area contributed by atoms with Gasteiger partial charge in [-0.05, 0) is 11.8 Å². The average molecular weight is 241 g/mol. The Kier molecular flexibility index (Phi) is 4.65. The molecule has 17 heavy (non-hydrogen) atoms. The Morgan fingerprint density at radius 1 is 1.41 bits per heavy atom. The lowest BCUT2D eigenvalue weighted by molar-refractivity contribution is 0.00718. The molecule has 0 amide bonds. The number of nitrogens with zero attached hydrogens (tertiary/aromatic N) is 2. The van der Waals surface area contributed by atoms with E-state index < -0.39 is 0 Å². The molecular weight excluding hydrogens is 218 g/mol. The van der Waals surface area contributed by atoms with Gasteiger partial charge in [0.25, 0.3) is 0 Å². The van der Waals surface area contributed by atoms with E-state index in [9.17, 15) is 0 Å². The van der Waals surface area contributed by atoms with Gasteiger partial charge in [-0.2, -0.15) is 4.98 Å². The summed E-state index contributed by atoms with van der Waals surface area (Å²) in [6.45, 7) is 8.27. The summed E-state index contributed by atoms with van der Waals surface area (Å²) in [4.78, 5) is 4.35. The van der Waals surface area contributed by atoms with Gasteiger partial charge in [0.1, 0.15) is 6.10 Å². The average Bonchev–Trinajstić information content (AvgIpc) is 2.65. The molecule has 2 N–H and O–H groups in total. The van der Waals surface area contributed by atoms with Gasteiger partial charge in [0.2, 0.25) is 11.7 Å². The second-order valence-corrected chi connectivity index (χ2v) is 5.40. The molecule has 1 heterocycles. The zero-order valence-electron chi connectivity index (χ0n) is 11.4. The molecule has 0 aliphatic rings. The number of nitrogens with two attached hydrogens (primary N) is 1. The lowest BCUT2D eigenvalue weighted by Crippen LogP contribution is -2.22. The van der Waals surface area contributed by atoms with Crippen molar-refractivity contribution in [2.45, 2.75) is 52.7 Å². The van der Waals surface area contributed by atoms with Crippen LogP contribution < -0.4 is 5.73 Å². The van der Waals surface area contributed by atoms with Gasteiger partial charge in [-0.3, -0.25) is 0 Å². The molecule has 0 fully saturated rings. The molecule has 0 aliphatic heterocycles. The van der Waals surface area contributed by atoms with Crippen LogP contribution in [0.5, 0.6) is 0 Å². The van der Waals surface area contributed by atoms with Gasteiger partial charge in [-0.25, -0.2) is 0 Å². The van der Waals surface area contributed by atoms with Crippen LogP contribution in [0.2, 0.25) is 0 Å². The Morgan fingerprint density at radius 3 is 2.53 bits per heavy atom. The van der Waals surface area contributed by atoms with Crippen LogP contribution in [0.1, 0.15) is 51.9 Å². The van der Waals surface area contributed by atoms with E-state index in [1.807, 2.05) is 6.92 Å². The van der Waals surface area contributed by atoms with Crippen molar-refractivity contribution >= 4 is 0 Å². The topological polar surface area (TPSA) is 74.2 Å². The van der Waals surface area contributed by atoms with E-state index in [2.05, 4.69) is 30.9 Å². The summed E-state index contributed by atoms with van der Waals surface area (Å²) >= 11 is 0. The standard InChI is InChI=1S/C12H23N3O2/c1-6-8(13)7-9-14-11(15-17-9)10(16-5)12(2,3)4/h8,10H,6-7,13H2,1-5H3.